The SMILES string of the molecule is CCN1CCC[C@@H](NC(=O)C(=O)Nc2ccc3c(c2)oc(=O)n3C)C1. The summed E-state index contributed by atoms with van der Waals surface area (Å²) in [6.07, 6.45) is 1.88. The number of carbonyl (C=O) groups is 2. The number of oxazole rings is 1. The summed E-state index contributed by atoms with van der Waals surface area (Å²) in [5, 5.41) is 5.32. The van der Waals surface area contributed by atoms with Crippen molar-refractivity contribution in [3.05, 3.63) is 28.7 Å². The predicted octanol–water partition coefficient (Wildman–Crippen LogP) is 0.670. The topological polar surface area (TPSA) is 96.6 Å². The molecule has 2 N–H and O–H groups in total. The second-order valence-electron chi connectivity index (χ2n) is 6.27. The Balaban J connectivity index is 1.63. The van der Waals surface area contributed by atoms with E-state index in [1.54, 1.807) is 19.2 Å². The van der Waals surface area contributed by atoms with Crippen LogP contribution in [0.5, 0.6) is 0 Å². The van der Waals surface area contributed by atoms with E-state index in [1.807, 2.05) is 0 Å². The van der Waals surface area contributed by atoms with Gasteiger partial charge >= 0.3 is 17.6 Å². The lowest BCUT2D eigenvalue weighted by Gasteiger charge is -2.32. The lowest BCUT2D eigenvalue weighted by atomic mass is 10.1. The fourth-order valence-electron chi connectivity index (χ4n) is 3.11. The van der Waals surface area contributed by atoms with Crippen molar-refractivity contribution in [2.75, 3.05) is 25.0 Å². The highest BCUT2D eigenvalue weighted by molar-refractivity contribution is 6.39. The van der Waals surface area contributed by atoms with E-state index in [0.717, 1.165) is 32.5 Å². The Labute approximate surface area is 144 Å². The fourth-order valence-corrected chi connectivity index (χ4v) is 3.11. The molecule has 8 nitrogen and oxygen atoms in total. The van der Waals surface area contributed by atoms with E-state index >= 15 is 0 Å². The van der Waals surface area contributed by atoms with Crippen molar-refractivity contribution in [3.63, 3.8) is 0 Å². The molecular weight excluding hydrogens is 324 g/mol. The minimum absolute atomic E-state index is 0.0124. The van der Waals surface area contributed by atoms with Crippen molar-refractivity contribution in [2.45, 2.75) is 25.8 Å². The molecular formula is C17H22N4O4. The van der Waals surface area contributed by atoms with Crippen LogP contribution in [-0.4, -0.2) is 47.0 Å². The Bertz CT molecular complexity index is 854. The smallest absolute Gasteiger partial charge is 0.408 e. The maximum Gasteiger partial charge on any atom is 0.419 e. The molecule has 0 unspecified atom stereocenters. The van der Waals surface area contributed by atoms with E-state index in [9.17, 15) is 14.4 Å². The van der Waals surface area contributed by atoms with Gasteiger partial charge in [-0.05, 0) is 38.1 Å². The standard InChI is InChI=1S/C17H22N4O4/c1-3-21-8-4-5-12(10-21)19-16(23)15(22)18-11-6-7-13-14(9-11)25-17(24)20(13)2/h6-7,9,12H,3-5,8,10H2,1-2H3,(H,18,22)(H,19,23)/t12-/m1/s1. The number of anilines is 1. The van der Waals surface area contributed by atoms with Gasteiger partial charge in [-0.1, -0.05) is 6.92 Å². The highest BCUT2D eigenvalue weighted by Gasteiger charge is 2.23. The number of nitrogens with one attached hydrogen (secondary N) is 2. The molecule has 134 valence electrons. The van der Waals surface area contributed by atoms with E-state index in [-0.39, 0.29) is 6.04 Å². The first-order valence-corrected chi connectivity index (χ1v) is 8.41. The van der Waals surface area contributed by atoms with Gasteiger partial charge in [-0.25, -0.2) is 4.79 Å². The number of rotatable bonds is 3. The molecule has 1 aliphatic heterocycles. The van der Waals surface area contributed by atoms with Gasteiger partial charge in [-0.2, -0.15) is 0 Å². The van der Waals surface area contributed by atoms with Crippen LogP contribution in [-0.2, 0) is 16.6 Å². The third kappa shape index (κ3) is 3.74. The van der Waals surface area contributed by atoms with E-state index in [1.165, 1.54) is 10.6 Å². The van der Waals surface area contributed by atoms with Crippen molar-refractivity contribution < 1.29 is 14.0 Å². The molecule has 0 saturated carbocycles. The zero-order valence-corrected chi connectivity index (χ0v) is 14.4. The first-order valence-electron chi connectivity index (χ1n) is 8.41. The number of aryl methyl sites for hydroxylation is 1. The molecule has 3 rings (SSSR count). The maximum atomic E-state index is 12.1. The van der Waals surface area contributed by atoms with Crippen LogP contribution >= 0.6 is 0 Å². The van der Waals surface area contributed by atoms with Gasteiger partial charge < -0.3 is 20.0 Å². The zero-order valence-electron chi connectivity index (χ0n) is 14.4. The van der Waals surface area contributed by atoms with Crippen LogP contribution in [0.3, 0.4) is 0 Å². The molecule has 0 radical (unpaired) electrons. The number of likely N-dealkylation sites (tertiary alicyclic amines) is 1. The van der Waals surface area contributed by atoms with Crippen molar-refractivity contribution in [2.24, 2.45) is 7.05 Å². The summed E-state index contributed by atoms with van der Waals surface area (Å²) in [5.41, 5.74) is 1.38. The summed E-state index contributed by atoms with van der Waals surface area (Å²) < 4.78 is 6.45. The number of nitrogens with zero attached hydrogens (tertiary/aromatic N) is 2. The van der Waals surface area contributed by atoms with Crippen molar-refractivity contribution in [1.29, 1.82) is 0 Å². The van der Waals surface area contributed by atoms with Crippen molar-refractivity contribution in [1.82, 2.24) is 14.8 Å². The molecule has 1 atom stereocenters. The summed E-state index contributed by atoms with van der Waals surface area (Å²) >= 11 is 0. The lowest BCUT2D eigenvalue weighted by Crippen LogP contribution is -2.50. The Kier molecular flexibility index (Phi) is 4.89. The number of benzene rings is 1. The number of hydrogen-bond donors (Lipinski definition) is 2. The summed E-state index contributed by atoms with van der Waals surface area (Å²) in [6.45, 7) is 4.80. The van der Waals surface area contributed by atoms with Crippen LogP contribution in [0.25, 0.3) is 11.1 Å². The first kappa shape index (κ1) is 17.2. The highest BCUT2D eigenvalue weighted by atomic mass is 16.4. The van der Waals surface area contributed by atoms with E-state index in [2.05, 4.69) is 22.5 Å². The van der Waals surface area contributed by atoms with Gasteiger partial charge in [0.2, 0.25) is 0 Å². The second kappa shape index (κ2) is 7.10. The minimum atomic E-state index is -0.730. The lowest BCUT2D eigenvalue weighted by molar-refractivity contribution is -0.136. The monoisotopic (exact) mass is 346 g/mol. The average molecular weight is 346 g/mol. The molecule has 1 aliphatic rings. The fraction of sp³-hybridized carbons (Fsp3) is 0.471. The van der Waals surface area contributed by atoms with Gasteiger partial charge in [0.15, 0.2) is 5.58 Å². The van der Waals surface area contributed by atoms with Crippen LogP contribution in [0.2, 0.25) is 0 Å². The van der Waals surface area contributed by atoms with Gasteiger partial charge in [0.05, 0.1) is 5.52 Å². The van der Waals surface area contributed by atoms with Gasteiger partial charge in [0.25, 0.3) is 0 Å². The molecule has 1 fully saturated rings. The van der Waals surface area contributed by atoms with Crippen LogP contribution in [0, 0.1) is 0 Å². The molecule has 1 aromatic heterocycles. The normalized spacial score (nSPS) is 18.2. The molecule has 0 bridgehead atoms. The van der Waals surface area contributed by atoms with Crippen LogP contribution in [0.1, 0.15) is 19.8 Å². The van der Waals surface area contributed by atoms with E-state index in [0.29, 0.717) is 16.8 Å². The Morgan fingerprint density at radius 3 is 2.88 bits per heavy atom. The summed E-state index contributed by atoms with van der Waals surface area (Å²) in [4.78, 5) is 38.0. The number of amides is 2. The van der Waals surface area contributed by atoms with Gasteiger partial charge in [0, 0.05) is 31.4 Å². The van der Waals surface area contributed by atoms with Gasteiger partial charge in [-0.15, -0.1) is 0 Å². The number of carbonyl (C=O) groups excluding carboxylic acids is 2. The number of piperidine rings is 1. The Morgan fingerprint density at radius 2 is 2.12 bits per heavy atom. The Hall–Kier alpha value is -2.61. The Morgan fingerprint density at radius 1 is 1.32 bits per heavy atom. The molecule has 2 heterocycles. The number of hydrogen-bond acceptors (Lipinski definition) is 5. The largest absolute Gasteiger partial charge is 0.419 e. The quantitative estimate of drug-likeness (QED) is 0.797. The molecule has 1 aromatic carbocycles. The van der Waals surface area contributed by atoms with E-state index in [4.69, 9.17) is 4.42 Å². The molecule has 25 heavy (non-hydrogen) atoms. The zero-order chi connectivity index (χ0) is 18.0. The minimum Gasteiger partial charge on any atom is -0.408 e. The van der Waals surface area contributed by atoms with Crippen molar-refractivity contribution in [3.8, 4) is 0 Å². The second-order valence-corrected chi connectivity index (χ2v) is 6.27. The number of aromatic nitrogens is 1. The molecule has 2 amide bonds. The average Bonchev–Trinajstić information content (AvgIpc) is 2.88. The molecule has 2 aromatic rings. The van der Waals surface area contributed by atoms with Crippen LogP contribution in [0.4, 0.5) is 5.69 Å². The van der Waals surface area contributed by atoms with Crippen LogP contribution < -0.4 is 16.4 Å². The molecule has 0 aliphatic carbocycles. The van der Waals surface area contributed by atoms with Crippen LogP contribution in [0.15, 0.2) is 27.4 Å². The van der Waals surface area contributed by atoms with Gasteiger partial charge in [0.1, 0.15) is 0 Å². The third-order valence-corrected chi connectivity index (χ3v) is 4.54. The first-order chi connectivity index (χ1) is 12.0. The molecule has 8 heteroatoms. The van der Waals surface area contributed by atoms with Gasteiger partial charge in [-0.3, -0.25) is 14.2 Å². The highest BCUT2D eigenvalue weighted by Crippen LogP contribution is 2.17. The predicted molar refractivity (Wildman–Crippen MR) is 93.4 cm³/mol. The third-order valence-electron chi connectivity index (χ3n) is 4.54. The summed E-state index contributed by atoms with van der Waals surface area (Å²) in [7, 11) is 1.60. The summed E-state index contributed by atoms with van der Waals surface area (Å²) in [6, 6.07) is 4.80. The molecule has 1 saturated heterocycles. The number of likely N-dealkylation sites (N-methyl/N-ethyl adjacent to an activating group) is 1. The van der Waals surface area contributed by atoms with E-state index < -0.39 is 17.6 Å². The van der Waals surface area contributed by atoms with Crippen molar-refractivity contribution >= 4 is 28.6 Å². The number of fused-ring (bicyclic) bond motifs is 1. The summed E-state index contributed by atoms with van der Waals surface area (Å²) in [5.74, 6) is -1.86. The molecule has 0 spiro atoms. The maximum absolute atomic E-state index is 12.1.